The molecule has 1 amide bonds. The van der Waals surface area contributed by atoms with Gasteiger partial charge in [-0.15, -0.1) is 0 Å². The molecule has 0 fully saturated rings. The monoisotopic (exact) mass is 407 g/mol. The van der Waals surface area contributed by atoms with Gasteiger partial charge in [0.05, 0.1) is 21.3 Å². The molecule has 0 heterocycles. The molecule has 29 heavy (non-hydrogen) atoms. The van der Waals surface area contributed by atoms with E-state index in [0.29, 0.717) is 16.3 Å². The van der Waals surface area contributed by atoms with Crippen molar-refractivity contribution >= 4 is 28.4 Å². The smallest absolute Gasteiger partial charge is 0.339 e. The van der Waals surface area contributed by atoms with Gasteiger partial charge in [0.2, 0.25) is 0 Å². The Kier molecular flexibility index (Phi) is 6.92. The molecule has 148 valence electrons. The Morgan fingerprint density at radius 1 is 0.897 bits per heavy atom. The Labute approximate surface area is 172 Å². The maximum atomic E-state index is 12.4. The molecule has 0 saturated carbocycles. The molecular weight excluding hydrogens is 386 g/mol. The van der Waals surface area contributed by atoms with Crippen LogP contribution in [0, 0.1) is 0 Å². The van der Waals surface area contributed by atoms with Crippen LogP contribution in [0.5, 0.6) is 0 Å². The zero-order valence-corrected chi connectivity index (χ0v) is 16.8. The van der Waals surface area contributed by atoms with Crippen molar-refractivity contribution in [2.45, 2.75) is 11.8 Å². The van der Waals surface area contributed by atoms with Crippen LogP contribution < -0.4 is 5.32 Å². The first-order chi connectivity index (χ1) is 14.1. The van der Waals surface area contributed by atoms with Crippen molar-refractivity contribution in [3.8, 4) is 11.1 Å². The lowest BCUT2D eigenvalue weighted by Crippen LogP contribution is -2.22. The van der Waals surface area contributed by atoms with Crippen molar-refractivity contribution in [2.24, 2.45) is 0 Å². The molecule has 1 atom stereocenters. The molecule has 0 radical (unpaired) electrons. The molecule has 6 heteroatoms. The molecule has 3 aromatic rings. The van der Waals surface area contributed by atoms with E-state index < -0.39 is 29.3 Å². The molecule has 3 aromatic carbocycles. The second-order valence-corrected chi connectivity index (χ2v) is 7.87. The minimum absolute atomic E-state index is 0.213. The zero-order chi connectivity index (χ0) is 20.6. The minimum Gasteiger partial charge on any atom is -0.452 e. The molecule has 1 N–H and O–H groups in total. The van der Waals surface area contributed by atoms with Crippen LogP contribution in [0.25, 0.3) is 11.1 Å². The number of amides is 1. The third-order valence-corrected chi connectivity index (χ3v) is 5.61. The number of carbonyl (C=O) groups is 2. The summed E-state index contributed by atoms with van der Waals surface area (Å²) in [6.45, 7) is 1.34. The summed E-state index contributed by atoms with van der Waals surface area (Å²) in [5, 5.41) is 2.79. The summed E-state index contributed by atoms with van der Waals surface area (Å²) in [5.41, 5.74) is 2.69. The highest BCUT2D eigenvalue weighted by Gasteiger charge is 2.17. The molecule has 3 rings (SSSR count). The van der Waals surface area contributed by atoms with Crippen LogP contribution in [0.4, 0.5) is 5.69 Å². The van der Waals surface area contributed by atoms with Crippen LogP contribution in [0.15, 0.2) is 83.8 Å². The average Bonchev–Trinajstić information content (AvgIpc) is 2.78. The van der Waals surface area contributed by atoms with Gasteiger partial charge in [0.1, 0.15) is 0 Å². The van der Waals surface area contributed by atoms with E-state index in [4.69, 9.17) is 4.74 Å². The summed E-state index contributed by atoms with van der Waals surface area (Å²) in [5.74, 6) is -0.731. The molecule has 0 unspecified atom stereocenters. The SMILES string of the molecule is CC[S@](=O)c1ccccc1C(=O)OCC(=O)Nc1ccccc1-c1ccccc1. The summed E-state index contributed by atoms with van der Waals surface area (Å²) >= 11 is 0. The normalized spacial score (nSPS) is 11.5. The fourth-order valence-electron chi connectivity index (χ4n) is 2.85. The summed E-state index contributed by atoms with van der Waals surface area (Å²) < 4.78 is 17.3. The number of benzene rings is 3. The van der Waals surface area contributed by atoms with Gasteiger partial charge in [-0.25, -0.2) is 4.79 Å². The highest BCUT2D eigenvalue weighted by Crippen LogP contribution is 2.27. The van der Waals surface area contributed by atoms with Gasteiger partial charge < -0.3 is 10.1 Å². The predicted molar refractivity (Wildman–Crippen MR) is 114 cm³/mol. The zero-order valence-electron chi connectivity index (χ0n) is 16.0. The van der Waals surface area contributed by atoms with Crippen molar-refractivity contribution in [1.29, 1.82) is 0 Å². The Morgan fingerprint density at radius 2 is 1.55 bits per heavy atom. The Bertz CT molecular complexity index is 1030. The van der Waals surface area contributed by atoms with E-state index in [1.807, 2.05) is 48.5 Å². The van der Waals surface area contributed by atoms with Crippen LogP contribution in [-0.4, -0.2) is 28.4 Å². The second-order valence-electron chi connectivity index (χ2n) is 6.17. The van der Waals surface area contributed by atoms with Crippen molar-refractivity contribution in [3.05, 3.63) is 84.4 Å². The van der Waals surface area contributed by atoms with Crippen molar-refractivity contribution in [1.82, 2.24) is 0 Å². The summed E-state index contributed by atoms with van der Waals surface area (Å²) in [7, 11) is -1.29. The molecule has 0 spiro atoms. The number of esters is 1. The molecular formula is C23H21NO4S. The van der Waals surface area contributed by atoms with Gasteiger partial charge in [-0.05, 0) is 23.8 Å². The van der Waals surface area contributed by atoms with Crippen LogP contribution in [0.2, 0.25) is 0 Å². The first-order valence-corrected chi connectivity index (χ1v) is 10.5. The fourth-order valence-corrected chi connectivity index (χ4v) is 3.78. The van der Waals surface area contributed by atoms with Gasteiger partial charge in [-0.2, -0.15) is 0 Å². The van der Waals surface area contributed by atoms with Crippen LogP contribution >= 0.6 is 0 Å². The quantitative estimate of drug-likeness (QED) is 0.594. The molecule has 0 bridgehead atoms. The van der Waals surface area contributed by atoms with Gasteiger partial charge in [0.25, 0.3) is 5.91 Å². The van der Waals surface area contributed by atoms with Crippen molar-refractivity contribution < 1.29 is 18.5 Å². The van der Waals surface area contributed by atoms with Gasteiger partial charge >= 0.3 is 5.97 Å². The van der Waals surface area contributed by atoms with Gasteiger partial charge in [0, 0.05) is 17.0 Å². The molecule has 0 saturated heterocycles. The van der Waals surface area contributed by atoms with E-state index in [1.54, 1.807) is 37.3 Å². The number of rotatable bonds is 7. The molecule has 5 nitrogen and oxygen atoms in total. The summed E-state index contributed by atoms with van der Waals surface area (Å²) in [6.07, 6.45) is 0. The number of ether oxygens (including phenoxy) is 1. The highest BCUT2D eigenvalue weighted by molar-refractivity contribution is 7.85. The lowest BCUT2D eigenvalue weighted by atomic mass is 10.0. The topological polar surface area (TPSA) is 72.5 Å². The van der Waals surface area contributed by atoms with E-state index in [2.05, 4.69) is 5.32 Å². The first-order valence-electron chi connectivity index (χ1n) is 9.19. The van der Waals surface area contributed by atoms with E-state index in [9.17, 15) is 13.8 Å². The van der Waals surface area contributed by atoms with Crippen LogP contribution in [-0.2, 0) is 20.3 Å². The predicted octanol–water partition coefficient (Wildman–Crippen LogP) is 4.28. The van der Waals surface area contributed by atoms with Crippen molar-refractivity contribution in [3.63, 3.8) is 0 Å². The van der Waals surface area contributed by atoms with Gasteiger partial charge in [-0.1, -0.05) is 67.6 Å². The lowest BCUT2D eigenvalue weighted by Gasteiger charge is -2.12. The van der Waals surface area contributed by atoms with Crippen LogP contribution in [0.3, 0.4) is 0 Å². The number of hydrogen-bond acceptors (Lipinski definition) is 4. The van der Waals surface area contributed by atoms with Gasteiger partial charge in [-0.3, -0.25) is 9.00 Å². The maximum Gasteiger partial charge on any atom is 0.339 e. The van der Waals surface area contributed by atoms with Crippen LogP contribution in [0.1, 0.15) is 17.3 Å². The lowest BCUT2D eigenvalue weighted by molar-refractivity contribution is -0.119. The van der Waals surface area contributed by atoms with E-state index >= 15 is 0 Å². The fraction of sp³-hybridized carbons (Fsp3) is 0.130. The highest BCUT2D eigenvalue weighted by atomic mass is 32.2. The Morgan fingerprint density at radius 3 is 2.31 bits per heavy atom. The molecule has 0 aromatic heterocycles. The molecule has 0 aliphatic heterocycles. The van der Waals surface area contributed by atoms with Crippen molar-refractivity contribution in [2.75, 3.05) is 17.7 Å². The third kappa shape index (κ3) is 5.18. The summed E-state index contributed by atoms with van der Waals surface area (Å²) in [6, 6.07) is 23.7. The third-order valence-electron chi connectivity index (χ3n) is 4.23. The standard InChI is InChI=1S/C23H21NO4S/c1-2-29(27)21-15-9-7-13-19(21)23(26)28-16-22(25)24-20-14-8-6-12-18(20)17-10-4-3-5-11-17/h3-15H,2,16H2,1H3,(H,24,25)/t29-/m0/s1. The number of nitrogens with one attached hydrogen (secondary N) is 1. The van der Waals surface area contributed by atoms with E-state index in [-0.39, 0.29) is 5.56 Å². The minimum atomic E-state index is -1.29. The average molecular weight is 407 g/mol. The van der Waals surface area contributed by atoms with E-state index in [1.165, 1.54) is 0 Å². The number of carbonyl (C=O) groups excluding carboxylic acids is 2. The van der Waals surface area contributed by atoms with E-state index in [0.717, 1.165) is 11.1 Å². The Hall–Kier alpha value is -3.25. The number of hydrogen-bond donors (Lipinski definition) is 1. The first kappa shape index (κ1) is 20.5. The Balaban J connectivity index is 1.68. The molecule has 0 aliphatic carbocycles. The summed E-state index contributed by atoms with van der Waals surface area (Å²) in [4.78, 5) is 25.2. The van der Waals surface area contributed by atoms with Gasteiger partial charge in [0.15, 0.2) is 6.61 Å². The maximum absolute atomic E-state index is 12.4. The number of para-hydroxylation sites is 1. The second kappa shape index (κ2) is 9.80. The largest absolute Gasteiger partial charge is 0.452 e. The molecule has 0 aliphatic rings. The number of anilines is 1.